The summed E-state index contributed by atoms with van der Waals surface area (Å²) in [5.74, 6) is 0.507. The third-order valence-electron chi connectivity index (χ3n) is 0.919. The maximum absolute atomic E-state index is 5.35. The highest BCUT2D eigenvalue weighted by molar-refractivity contribution is 5.30. The maximum atomic E-state index is 5.35. The summed E-state index contributed by atoms with van der Waals surface area (Å²) in [6.07, 6.45) is 3.19. The van der Waals surface area contributed by atoms with Crippen LogP contribution in [0.25, 0.3) is 0 Å². The molecule has 0 aliphatic carbocycles. The Hall–Kier alpha value is -1.12. The van der Waals surface area contributed by atoms with Crippen molar-refractivity contribution in [2.75, 3.05) is 5.73 Å². The van der Waals surface area contributed by atoms with E-state index in [2.05, 4.69) is 9.97 Å². The van der Waals surface area contributed by atoms with Crippen molar-refractivity contribution in [1.82, 2.24) is 9.97 Å². The third-order valence-corrected chi connectivity index (χ3v) is 0.919. The van der Waals surface area contributed by atoms with Crippen LogP contribution in [0.15, 0.2) is 12.4 Å². The summed E-state index contributed by atoms with van der Waals surface area (Å²) in [4.78, 5) is 7.69. The van der Waals surface area contributed by atoms with Gasteiger partial charge in [-0.25, -0.2) is 4.98 Å². The zero-order chi connectivity index (χ0) is 7.98. The fourth-order valence-electron chi connectivity index (χ4n) is 0.418. The molecule has 3 heteroatoms. The van der Waals surface area contributed by atoms with Gasteiger partial charge in [0.15, 0.2) is 0 Å². The summed E-state index contributed by atoms with van der Waals surface area (Å²) in [6.45, 7) is 5.82. The molecule has 0 aromatic carbocycles. The SMILES string of the molecule is CC.Cc1nccnc1N. The van der Waals surface area contributed by atoms with Crippen molar-refractivity contribution in [2.45, 2.75) is 20.8 Å². The Morgan fingerprint density at radius 3 is 2.00 bits per heavy atom. The lowest BCUT2D eigenvalue weighted by molar-refractivity contribution is 1.13. The van der Waals surface area contributed by atoms with Gasteiger partial charge in [0.2, 0.25) is 0 Å². The van der Waals surface area contributed by atoms with Crippen LogP contribution in [0.1, 0.15) is 19.5 Å². The van der Waals surface area contributed by atoms with E-state index in [1.807, 2.05) is 20.8 Å². The highest BCUT2D eigenvalue weighted by Crippen LogP contribution is 1.97. The second kappa shape index (κ2) is 4.73. The van der Waals surface area contributed by atoms with Crippen LogP contribution in [0.4, 0.5) is 5.82 Å². The minimum absolute atomic E-state index is 0.507. The Bertz CT molecular complexity index is 165. The van der Waals surface area contributed by atoms with E-state index in [0.717, 1.165) is 5.69 Å². The largest absolute Gasteiger partial charge is 0.382 e. The second-order valence-electron chi connectivity index (χ2n) is 1.53. The summed E-state index contributed by atoms with van der Waals surface area (Å²) in [5, 5.41) is 0. The van der Waals surface area contributed by atoms with Crippen LogP contribution in [-0.2, 0) is 0 Å². The van der Waals surface area contributed by atoms with E-state index in [1.54, 1.807) is 12.4 Å². The standard InChI is InChI=1S/C5H7N3.C2H6/c1-4-5(6)8-3-2-7-4;1-2/h2-3H,1H3,(H2,6,8);1-2H3. The van der Waals surface area contributed by atoms with Crippen LogP contribution in [0.3, 0.4) is 0 Å². The van der Waals surface area contributed by atoms with Crippen molar-refractivity contribution in [3.8, 4) is 0 Å². The molecule has 0 saturated heterocycles. The van der Waals surface area contributed by atoms with Gasteiger partial charge in [0.05, 0.1) is 5.69 Å². The molecule has 0 aliphatic heterocycles. The molecule has 3 nitrogen and oxygen atoms in total. The molecule has 0 aliphatic rings. The molecule has 1 aromatic heterocycles. The van der Waals surface area contributed by atoms with Gasteiger partial charge in [-0.15, -0.1) is 0 Å². The van der Waals surface area contributed by atoms with E-state index in [9.17, 15) is 0 Å². The first kappa shape index (κ1) is 8.88. The number of aromatic nitrogens is 2. The van der Waals surface area contributed by atoms with Gasteiger partial charge in [-0.3, -0.25) is 4.98 Å². The zero-order valence-electron chi connectivity index (χ0n) is 6.63. The molecule has 0 unspecified atom stereocenters. The molecule has 0 fully saturated rings. The van der Waals surface area contributed by atoms with Crippen molar-refractivity contribution in [1.29, 1.82) is 0 Å². The van der Waals surface area contributed by atoms with E-state index in [-0.39, 0.29) is 0 Å². The highest BCUT2D eigenvalue weighted by atomic mass is 14.9. The predicted octanol–water partition coefficient (Wildman–Crippen LogP) is 1.39. The first-order valence-electron chi connectivity index (χ1n) is 3.34. The van der Waals surface area contributed by atoms with Crippen LogP contribution in [0, 0.1) is 6.92 Å². The number of nitrogens with two attached hydrogens (primary N) is 1. The van der Waals surface area contributed by atoms with E-state index >= 15 is 0 Å². The number of hydrogen-bond acceptors (Lipinski definition) is 3. The van der Waals surface area contributed by atoms with Crippen LogP contribution < -0.4 is 5.73 Å². The summed E-state index contributed by atoms with van der Waals surface area (Å²) >= 11 is 0. The Kier molecular flexibility index (Phi) is 4.20. The minimum Gasteiger partial charge on any atom is -0.382 e. The molecule has 1 rings (SSSR count). The molecular formula is C7H13N3. The molecule has 56 valence electrons. The molecule has 0 atom stereocenters. The Labute approximate surface area is 61.3 Å². The molecular weight excluding hydrogens is 126 g/mol. The molecule has 0 saturated carbocycles. The molecule has 10 heavy (non-hydrogen) atoms. The van der Waals surface area contributed by atoms with Gasteiger partial charge in [-0.1, -0.05) is 13.8 Å². The lowest BCUT2D eigenvalue weighted by atomic mass is 10.5. The van der Waals surface area contributed by atoms with Crippen LogP contribution in [0.5, 0.6) is 0 Å². The zero-order valence-corrected chi connectivity index (χ0v) is 6.63. The van der Waals surface area contributed by atoms with E-state index in [0.29, 0.717) is 5.82 Å². The topological polar surface area (TPSA) is 51.8 Å². The van der Waals surface area contributed by atoms with Gasteiger partial charge in [-0.2, -0.15) is 0 Å². The second-order valence-corrected chi connectivity index (χ2v) is 1.53. The normalized spacial score (nSPS) is 7.90. The lowest BCUT2D eigenvalue weighted by Crippen LogP contribution is -1.94. The van der Waals surface area contributed by atoms with Crippen molar-refractivity contribution < 1.29 is 0 Å². The van der Waals surface area contributed by atoms with Gasteiger partial charge < -0.3 is 5.73 Å². The third kappa shape index (κ3) is 2.44. The number of nitrogens with zero attached hydrogens (tertiary/aromatic N) is 2. The number of hydrogen-bond donors (Lipinski definition) is 1. The molecule has 0 spiro atoms. The first-order valence-corrected chi connectivity index (χ1v) is 3.34. The average molecular weight is 139 g/mol. The van der Waals surface area contributed by atoms with Crippen LogP contribution in [0.2, 0.25) is 0 Å². The van der Waals surface area contributed by atoms with Crippen molar-refractivity contribution in [3.05, 3.63) is 18.1 Å². The molecule has 2 N–H and O–H groups in total. The quantitative estimate of drug-likeness (QED) is 0.591. The molecule has 1 aromatic rings. The summed E-state index contributed by atoms with van der Waals surface area (Å²) in [7, 11) is 0. The number of rotatable bonds is 0. The highest BCUT2D eigenvalue weighted by Gasteiger charge is 1.88. The summed E-state index contributed by atoms with van der Waals surface area (Å²) in [5.41, 5.74) is 6.13. The Morgan fingerprint density at radius 1 is 1.20 bits per heavy atom. The van der Waals surface area contributed by atoms with Gasteiger partial charge in [0.1, 0.15) is 5.82 Å². The summed E-state index contributed by atoms with van der Waals surface area (Å²) in [6, 6.07) is 0. The number of aryl methyl sites for hydroxylation is 1. The van der Waals surface area contributed by atoms with Crippen molar-refractivity contribution in [3.63, 3.8) is 0 Å². The van der Waals surface area contributed by atoms with Gasteiger partial charge in [0.25, 0.3) is 0 Å². The molecule has 0 radical (unpaired) electrons. The fourth-order valence-corrected chi connectivity index (χ4v) is 0.418. The van der Waals surface area contributed by atoms with Crippen molar-refractivity contribution >= 4 is 5.82 Å². The molecule has 0 bridgehead atoms. The lowest BCUT2D eigenvalue weighted by Gasteiger charge is -1.91. The number of anilines is 1. The predicted molar refractivity (Wildman–Crippen MR) is 42.5 cm³/mol. The monoisotopic (exact) mass is 139 g/mol. The van der Waals surface area contributed by atoms with E-state index < -0.39 is 0 Å². The number of nitrogen functional groups attached to an aromatic ring is 1. The first-order chi connectivity index (χ1) is 4.80. The van der Waals surface area contributed by atoms with Crippen LogP contribution >= 0.6 is 0 Å². The maximum Gasteiger partial charge on any atom is 0.144 e. The Morgan fingerprint density at radius 2 is 1.70 bits per heavy atom. The van der Waals surface area contributed by atoms with E-state index in [4.69, 9.17) is 5.73 Å². The average Bonchev–Trinajstić information content (AvgIpc) is 2.00. The van der Waals surface area contributed by atoms with Crippen molar-refractivity contribution in [2.24, 2.45) is 0 Å². The fraction of sp³-hybridized carbons (Fsp3) is 0.429. The molecule has 0 amide bonds. The van der Waals surface area contributed by atoms with Gasteiger partial charge >= 0.3 is 0 Å². The minimum atomic E-state index is 0.507. The van der Waals surface area contributed by atoms with Gasteiger partial charge in [0, 0.05) is 12.4 Å². The smallest absolute Gasteiger partial charge is 0.144 e. The summed E-state index contributed by atoms with van der Waals surface area (Å²) < 4.78 is 0. The van der Waals surface area contributed by atoms with Crippen LogP contribution in [-0.4, -0.2) is 9.97 Å². The van der Waals surface area contributed by atoms with Gasteiger partial charge in [-0.05, 0) is 6.92 Å². The van der Waals surface area contributed by atoms with E-state index in [1.165, 1.54) is 0 Å². The Balaban J connectivity index is 0.000000371. The molecule has 1 heterocycles.